The van der Waals surface area contributed by atoms with Crippen molar-refractivity contribution in [2.24, 2.45) is 0 Å². The van der Waals surface area contributed by atoms with E-state index in [1.807, 2.05) is 25.2 Å². The highest BCUT2D eigenvalue weighted by molar-refractivity contribution is 5.42. The summed E-state index contributed by atoms with van der Waals surface area (Å²) in [5, 5.41) is 18.1. The lowest BCUT2D eigenvalue weighted by Crippen LogP contribution is -2.31. The van der Waals surface area contributed by atoms with Crippen molar-refractivity contribution < 1.29 is 4.74 Å². The molecule has 0 aliphatic rings. The molecule has 2 aromatic carbocycles. The van der Waals surface area contributed by atoms with Crippen LogP contribution in [0.4, 0.5) is 0 Å². The molecule has 0 amide bonds. The molecule has 4 heteroatoms. The SMILES string of the molecule is C#CCN(C)[C@H](C)Cc1cccc(OCc2cc(C#N)cc(C#N)c2)c1. The Morgan fingerprint density at radius 2 is 1.77 bits per heavy atom. The van der Waals surface area contributed by atoms with Crippen LogP contribution in [0.3, 0.4) is 0 Å². The summed E-state index contributed by atoms with van der Waals surface area (Å²) < 4.78 is 5.86. The van der Waals surface area contributed by atoms with Crippen molar-refractivity contribution in [3.05, 3.63) is 64.7 Å². The van der Waals surface area contributed by atoms with Gasteiger partial charge in [-0.15, -0.1) is 6.42 Å². The second-order valence-electron chi connectivity index (χ2n) is 6.25. The summed E-state index contributed by atoms with van der Waals surface area (Å²) in [6.45, 7) is 3.07. The zero-order valence-electron chi connectivity index (χ0n) is 15.1. The van der Waals surface area contributed by atoms with E-state index in [1.54, 1.807) is 18.2 Å². The molecule has 0 heterocycles. The van der Waals surface area contributed by atoms with Crippen LogP contribution in [0.5, 0.6) is 5.75 Å². The molecule has 0 bridgehead atoms. The van der Waals surface area contributed by atoms with E-state index in [9.17, 15) is 0 Å². The van der Waals surface area contributed by atoms with Gasteiger partial charge in [-0.2, -0.15) is 10.5 Å². The lowest BCUT2D eigenvalue weighted by Gasteiger charge is -2.22. The maximum Gasteiger partial charge on any atom is 0.120 e. The second kappa shape index (κ2) is 9.28. The third-order valence-corrected chi connectivity index (χ3v) is 4.18. The number of rotatable bonds is 7. The molecule has 0 saturated carbocycles. The Morgan fingerprint density at radius 1 is 1.08 bits per heavy atom. The highest BCUT2D eigenvalue weighted by Crippen LogP contribution is 2.18. The molecule has 2 rings (SSSR count). The first-order chi connectivity index (χ1) is 12.5. The van der Waals surface area contributed by atoms with Crippen molar-refractivity contribution in [3.63, 3.8) is 0 Å². The summed E-state index contributed by atoms with van der Waals surface area (Å²) in [5.41, 5.74) is 2.89. The minimum atomic E-state index is 0.306. The van der Waals surface area contributed by atoms with E-state index in [-0.39, 0.29) is 0 Å². The fourth-order valence-electron chi connectivity index (χ4n) is 2.63. The first-order valence-corrected chi connectivity index (χ1v) is 8.35. The van der Waals surface area contributed by atoms with Crippen molar-refractivity contribution >= 4 is 0 Å². The minimum absolute atomic E-state index is 0.306. The van der Waals surface area contributed by atoms with E-state index in [1.165, 1.54) is 5.56 Å². The number of benzene rings is 2. The maximum atomic E-state index is 9.05. The standard InChI is InChI=1S/C22H21N3O/c1-4-8-25(3)17(2)9-18-6-5-7-22(13-18)26-16-21-11-19(14-23)10-20(12-21)15-24/h1,5-7,10-13,17H,8-9,16H2,2-3H3/t17-/m1/s1. The summed E-state index contributed by atoms with van der Waals surface area (Å²) in [6, 6.07) is 17.4. The zero-order chi connectivity index (χ0) is 18.9. The van der Waals surface area contributed by atoms with Crippen LogP contribution in [-0.4, -0.2) is 24.5 Å². The molecule has 0 N–H and O–H groups in total. The third kappa shape index (κ3) is 5.38. The van der Waals surface area contributed by atoms with E-state index < -0.39 is 0 Å². The molecule has 0 fully saturated rings. The van der Waals surface area contributed by atoms with Crippen LogP contribution in [0.15, 0.2) is 42.5 Å². The Labute approximate surface area is 155 Å². The molecule has 0 saturated heterocycles. The molecule has 0 aliphatic heterocycles. The fraction of sp³-hybridized carbons (Fsp3) is 0.273. The predicted molar refractivity (Wildman–Crippen MR) is 101 cm³/mol. The van der Waals surface area contributed by atoms with Gasteiger partial charge in [0.1, 0.15) is 12.4 Å². The van der Waals surface area contributed by atoms with Crippen molar-refractivity contribution in [1.82, 2.24) is 4.90 Å². The van der Waals surface area contributed by atoms with Gasteiger partial charge < -0.3 is 4.74 Å². The quantitative estimate of drug-likeness (QED) is 0.722. The average molecular weight is 343 g/mol. The van der Waals surface area contributed by atoms with Crippen LogP contribution in [0.1, 0.15) is 29.2 Å². The summed E-state index contributed by atoms with van der Waals surface area (Å²) in [6.07, 6.45) is 6.24. The number of likely N-dealkylation sites (N-methyl/N-ethyl adjacent to an activating group) is 1. The number of nitriles is 2. The van der Waals surface area contributed by atoms with Crippen molar-refractivity contribution in [1.29, 1.82) is 10.5 Å². The van der Waals surface area contributed by atoms with Crippen molar-refractivity contribution in [3.8, 4) is 30.2 Å². The molecule has 0 aliphatic carbocycles. The van der Waals surface area contributed by atoms with Gasteiger partial charge in [-0.3, -0.25) is 4.90 Å². The lowest BCUT2D eigenvalue weighted by atomic mass is 10.1. The van der Waals surface area contributed by atoms with Crippen molar-refractivity contribution in [2.45, 2.75) is 26.0 Å². The van der Waals surface area contributed by atoms with Gasteiger partial charge in [0.25, 0.3) is 0 Å². The summed E-state index contributed by atoms with van der Waals surface area (Å²) >= 11 is 0. The molecule has 0 aromatic heterocycles. The van der Waals surface area contributed by atoms with Crippen molar-refractivity contribution in [2.75, 3.05) is 13.6 Å². The Morgan fingerprint density at radius 3 is 2.38 bits per heavy atom. The van der Waals surface area contributed by atoms with Gasteiger partial charge in [-0.25, -0.2) is 0 Å². The maximum absolute atomic E-state index is 9.05. The van der Waals surface area contributed by atoms with E-state index in [0.717, 1.165) is 17.7 Å². The minimum Gasteiger partial charge on any atom is -0.489 e. The smallest absolute Gasteiger partial charge is 0.120 e. The van der Waals surface area contributed by atoms with E-state index in [0.29, 0.717) is 30.3 Å². The van der Waals surface area contributed by atoms with Gasteiger partial charge in [0, 0.05) is 6.04 Å². The second-order valence-corrected chi connectivity index (χ2v) is 6.25. The number of hydrogen-bond acceptors (Lipinski definition) is 4. The Balaban J connectivity index is 2.04. The van der Waals surface area contributed by atoms with Crippen LogP contribution < -0.4 is 4.74 Å². The highest BCUT2D eigenvalue weighted by atomic mass is 16.5. The molecule has 130 valence electrons. The van der Waals surface area contributed by atoms with Gasteiger partial charge in [-0.1, -0.05) is 18.1 Å². The molecule has 0 unspecified atom stereocenters. The number of ether oxygens (including phenoxy) is 1. The van der Waals surface area contributed by atoms with E-state index in [4.69, 9.17) is 21.7 Å². The number of hydrogen-bond donors (Lipinski definition) is 0. The first kappa shape index (κ1) is 19.1. The molecule has 0 spiro atoms. The molecular formula is C22H21N3O. The topological polar surface area (TPSA) is 60.0 Å². The van der Waals surface area contributed by atoms with Gasteiger partial charge in [0.05, 0.1) is 29.8 Å². The van der Waals surface area contributed by atoms with Gasteiger partial charge in [0.15, 0.2) is 0 Å². The van der Waals surface area contributed by atoms with Gasteiger partial charge in [-0.05, 0) is 61.9 Å². The first-order valence-electron chi connectivity index (χ1n) is 8.35. The zero-order valence-corrected chi connectivity index (χ0v) is 15.1. The molecule has 0 radical (unpaired) electrons. The lowest BCUT2D eigenvalue weighted by molar-refractivity contribution is 0.285. The largest absolute Gasteiger partial charge is 0.489 e. The molecule has 1 atom stereocenters. The average Bonchev–Trinajstić information content (AvgIpc) is 2.66. The van der Waals surface area contributed by atoms with Crippen LogP contribution in [-0.2, 0) is 13.0 Å². The highest BCUT2D eigenvalue weighted by Gasteiger charge is 2.09. The Hall–Kier alpha value is -3.26. The third-order valence-electron chi connectivity index (χ3n) is 4.18. The van der Waals surface area contributed by atoms with Crippen LogP contribution in [0.25, 0.3) is 0 Å². The number of nitrogens with zero attached hydrogens (tertiary/aromatic N) is 3. The van der Waals surface area contributed by atoms with Crippen LogP contribution in [0.2, 0.25) is 0 Å². The fourth-order valence-corrected chi connectivity index (χ4v) is 2.63. The number of terminal acetylenes is 1. The molecule has 26 heavy (non-hydrogen) atoms. The summed E-state index contributed by atoms with van der Waals surface area (Å²) in [7, 11) is 2.01. The normalized spacial score (nSPS) is 11.2. The van der Waals surface area contributed by atoms with Gasteiger partial charge in [0.2, 0.25) is 0 Å². The monoisotopic (exact) mass is 343 g/mol. The van der Waals surface area contributed by atoms with E-state index >= 15 is 0 Å². The molecular weight excluding hydrogens is 322 g/mol. The Kier molecular flexibility index (Phi) is 6.81. The van der Waals surface area contributed by atoms with Gasteiger partial charge >= 0.3 is 0 Å². The Bertz CT molecular complexity index is 851. The van der Waals surface area contributed by atoms with Crippen LogP contribution in [0, 0.1) is 35.0 Å². The molecule has 2 aromatic rings. The predicted octanol–water partition coefficient (Wildman–Crippen LogP) is 3.50. The van der Waals surface area contributed by atoms with Crippen LogP contribution >= 0.6 is 0 Å². The molecule has 4 nitrogen and oxygen atoms in total. The summed E-state index contributed by atoms with van der Waals surface area (Å²) in [5.74, 6) is 3.42. The summed E-state index contributed by atoms with van der Waals surface area (Å²) in [4.78, 5) is 2.13. The van der Waals surface area contributed by atoms with E-state index in [2.05, 4.69) is 35.9 Å².